The lowest BCUT2D eigenvalue weighted by Gasteiger charge is -1.90. The molecule has 1 N–H and O–H groups in total. The fraction of sp³-hybridized carbons (Fsp3) is 0.308. The highest BCUT2D eigenvalue weighted by atomic mass is 14.6. The monoisotopic (exact) mass is 202 g/mol. The maximum absolute atomic E-state index is 3.78. The van der Waals surface area contributed by atoms with E-state index in [0.29, 0.717) is 0 Å². The molecule has 80 valence electrons. The molecule has 2 aromatic heterocycles. The highest BCUT2D eigenvalue weighted by Gasteiger charge is 1.88. The van der Waals surface area contributed by atoms with Crippen LogP contribution in [0, 0.1) is 0 Å². The number of pyridine rings is 1. The quantitative estimate of drug-likeness (QED) is 0.811. The number of aromatic nitrogens is 2. The van der Waals surface area contributed by atoms with Crippen molar-refractivity contribution in [3.63, 3.8) is 0 Å². The van der Waals surface area contributed by atoms with Crippen LogP contribution in [-0.4, -0.2) is 9.97 Å². The minimum absolute atomic E-state index is 1.22. The SMILES string of the molecule is CCCCc1cc[nH]c1.c1ccncc1. The van der Waals surface area contributed by atoms with Crippen LogP contribution in [-0.2, 0) is 6.42 Å². The van der Waals surface area contributed by atoms with Crippen molar-refractivity contribution in [3.8, 4) is 0 Å². The van der Waals surface area contributed by atoms with Gasteiger partial charge in [-0.3, -0.25) is 4.98 Å². The Labute approximate surface area is 91.4 Å². The number of hydrogen-bond donors (Lipinski definition) is 1. The van der Waals surface area contributed by atoms with Gasteiger partial charge in [0.25, 0.3) is 0 Å². The van der Waals surface area contributed by atoms with E-state index in [4.69, 9.17) is 0 Å². The van der Waals surface area contributed by atoms with E-state index in [2.05, 4.69) is 29.2 Å². The predicted octanol–water partition coefficient (Wildman–Crippen LogP) is 3.44. The summed E-state index contributed by atoms with van der Waals surface area (Å²) in [6.45, 7) is 2.21. The van der Waals surface area contributed by atoms with Gasteiger partial charge in [-0.2, -0.15) is 0 Å². The molecular weight excluding hydrogens is 184 g/mol. The molecule has 0 amide bonds. The molecule has 2 heteroatoms. The van der Waals surface area contributed by atoms with Gasteiger partial charge in [-0.15, -0.1) is 0 Å². The van der Waals surface area contributed by atoms with Crippen molar-refractivity contribution in [2.24, 2.45) is 0 Å². The normalized spacial score (nSPS) is 9.13. The largest absolute Gasteiger partial charge is 0.367 e. The average molecular weight is 202 g/mol. The highest BCUT2D eigenvalue weighted by Crippen LogP contribution is 2.01. The van der Waals surface area contributed by atoms with Gasteiger partial charge in [-0.1, -0.05) is 19.4 Å². The molecular formula is C13H18N2. The molecule has 0 saturated carbocycles. The maximum atomic E-state index is 3.78. The average Bonchev–Trinajstić information content (AvgIpc) is 2.82. The molecule has 0 aliphatic heterocycles. The zero-order valence-electron chi connectivity index (χ0n) is 9.19. The summed E-state index contributed by atoms with van der Waals surface area (Å²) in [5.74, 6) is 0. The van der Waals surface area contributed by atoms with Gasteiger partial charge in [0.05, 0.1) is 0 Å². The predicted molar refractivity (Wildman–Crippen MR) is 63.6 cm³/mol. The zero-order chi connectivity index (χ0) is 10.8. The summed E-state index contributed by atoms with van der Waals surface area (Å²) in [5.41, 5.74) is 1.43. The molecule has 0 fully saturated rings. The fourth-order valence-electron chi connectivity index (χ4n) is 1.21. The Morgan fingerprint density at radius 3 is 2.40 bits per heavy atom. The van der Waals surface area contributed by atoms with Gasteiger partial charge in [0, 0.05) is 24.8 Å². The lowest BCUT2D eigenvalue weighted by molar-refractivity contribution is 0.796. The number of nitrogens with zero attached hydrogens (tertiary/aromatic N) is 1. The van der Waals surface area contributed by atoms with E-state index in [1.807, 2.05) is 24.4 Å². The Morgan fingerprint density at radius 1 is 1.20 bits per heavy atom. The van der Waals surface area contributed by atoms with Gasteiger partial charge in [0.1, 0.15) is 0 Å². The third-order valence-corrected chi connectivity index (χ3v) is 2.05. The molecule has 0 aliphatic carbocycles. The minimum atomic E-state index is 1.22. The lowest BCUT2D eigenvalue weighted by Crippen LogP contribution is -1.78. The van der Waals surface area contributed by atoms with Gasteiger partial charge in [-0.25, -0.2) is 0 Å². The van der Waals surface area contributed by atoms with Gasteiger partial charge in [-0.05, 0) is 36.6 Å². The van der Waals surface area contributed by atoms with Crippen molar-refractivity contribution < 1.29 is 0 Å². The Bertz CT molecular complexity index is 287. The summed E-state index contributed by atoms with van der Waals surface area (Å²) in [6, 6.07) is 7.85. The number of unbranched alkanes of at least 4 members (excludes halogenated alkanes) is 1. The van der Waals surface area contributed by atoms with Crippen LogP contribution >= 0.6 is 0 Å². The molecule has 0 radical (unpaired) electrons. The van der Waals surface area contributed by atoms with Crippen molar-refractivity contribution in [2.75, 3.05) is 0 Å². The molecule has 0 atom stereocenters. The van der Waals surface area contributed by atoms with E-state index in [9.17, 15) is 0 Å². The fourth-order valence-corrected chi connectivity index (χ4v) is 1.21. The maximum Gasteiger partial charge on any atom is 0.0267 e. The minimum Gasteiger partial charge on any atom is -0.367 e. The summed E-state index contributed by atoms with van der Waals surface area (Å²) in [6.07, 6.45) is 11.4. The number of rotatable bonds is 3. The van der Waals surface area contributed by atoms with E-state index in [0.717, 1.165) is 0 Å². The van der Waals surface area contributed by atoms with Crippen LogP contribution in [0.1, 0.15) is 25.3 Å². The smallest absolute Gasteiger partial charge is 0.0267 e. The molecule has 0 unspecified atom stereocenters. The standard InChI is InChI=1S/C8H13N.C5H5N/c1-2-3-4-8-5-6-9-7-8;1-2-4-6-5-3-1/h5-7,9H,2-4H2,1H3;1-5H. The van der Waals surface area contributed by atoms with Crippen LogP contribution in [0.2, 0.25) is 0 Å². The molecule has 0 aromatic carbocycles. The summed E-state index contributed by atoms with van der Waals surface area (Å²) in [5, 5.41) is 0. The first-order chi connectivity index (χ1) is 7.43. The third kappa shape index (κ3) is 5.68. The van der Waals surface area contributed by atoms with Gasteiger partial charge >= 0.3 is 0 Å². The van der Waals surface area contributed by atoms with Crippen LogP contribution in [0.3, 0.4) is 0 Å². The van der Waals surface area contributed by atoms with Crippen molar-refractivity contribution in [3.05, 3.63) is 54.6 Å². The molecule has 2 heterocycles. The summed E-state index contributed by atoms with van der Waals surface area (Å²) in [4.78, 5) is 6.82. The van der Waals surface area contributed by atoms with Crippen molar-refractivity contribution >= 4 is 0 Å². The first kappa shape index (κ1) is 11.5. The Balaban J connectivity index is 0.000000162. The van der Waals surface area contributed by atoms with Crippen LogP contribution in [0.15, 0.2) is 49.1 Å². The van der Waals surface area contributed by atoms with Gasteiger partial charge < -0.3 is 4.98 Å². The van der Waals surface area contributed by atoms with Crippen LogP contribution in [0.5, 0.6) is 0 Å². The topological polar surface area (TPSA) is 28.7 Å². The molecule has 0 bridgehead atoms. The Kier molecular flexibility index (Phi) is 5.98. The number of nitrogens with one attached hydrogen (secondary N) is 1. The third-order valence-electron chi connectivity index (χ3n) is 2.05. The molecule has 2 aromatic rings. The van der Waals surface area contributed by atoms with Crippen LogP contribution in [0.4, 0.5) is 0 Å². The zero-order valence-corrected chi connectivity index (χ0v) is 9.19. The van der Waals surface area contributed by atoms with Gasteiger partial charge in [0.2, 0.25) is 0 Å². The van der Waals surface area contributed by atoms with Crippen molar-refractivity contribution in [1.29, 1.82) is 0 Å². The number of aryl methyl sites for hydroxylation is 1. The van der Waals surface area contributed by atoms with E-state index in [1.54, 1.807) is 12.4 Å². The summed E-state index contributed by atoms with van der Waals surface area (Å²) < 4.78 is 0. The first-order valence-corrected chi connectivity index (χ1v) is 5.40. The van der Waals surface area contributed by atoms with Crippen molar-refractivity contribution in [2.45, 2.75) is 26.2 Å². The second-order valence-electron chi connectivity index (χ2n) is 3.35. The number of aromatic amines is 1. The Hall–Kier alpha value is -1.57. The molecule has 2 rings (SSSR count). The second kappa shape index (κ2) is 7.80. The van der Waals surface area contributed by atoms with E-state index >= 15 is 0 Å². The van der Waals surface area contributed by atoms with Crippen LogP contribution in [0.25, 0.3) is 0 Å². The van der Waals surface area contributed by atoms with E-state index in [-0.39, 0.29) is 0 Å². The van der Waals surface area contributed by atoms with Gasteiger partial charge in [0.15, 0.2) is 0 Å². The summed E-state index contributed by atoms with van der Waals surface area (Å²) in [7, 11) is 0. The number of H-pyrrole nitrogens is 1. The molecule has 2 nitrogen and oxygen atoms in total. The Morgan fingerprint density at radius 2 is 2.00 bits per heavy atom. The molecule has 0 saturated heterocycles. The first-order valence-electron chi connectivity index (χ1n) is 5.40. The summed E-state index contributed by atoms with van der Waals surface area (Å²) >= 11 is 0. The molecule has 0 aliphatic rings. The van der Waals surface area contributed by atoms with Crippen molar-refractivity contribution in [1.82, 2.24) is 9.97 Å². The van der Waals surface area contributed by atoms with E-state index < -0.39 is 0 Å². The van der Waals surface area contributed by atoms with Crippen LogP contribution < -0.4 is 0 Å². The van der Waals surface area contributed by atoms with E-state index in [1.165, 1.54) is 24.8 Å². The molecule has 15 heavy (non-hydrogen) atoms. The highest BCUT2D eigenvalue weighted by molar-refractivity contribution is 5.07. The second-order valence-corrected chi connectivity index (χ2v) is 3.35. The lowest BCUT2D eigenvalue weighted by atomic mass is 10.2. The molecule has 0 spiro atoms. The number of hydrogen-bond acceptors (Lipinski definition) is 1.